The molecule has 0 atom stereocenters. The molecule has 0 unspecified atom stereocenters. The monoisotopic (exact) mass is 216 g/mol. The van der Waals surface area contributed by atoms with Crippen LogP contribution in [0.15, 0.2) is 11.6 Å². The molecule has 0 aromatic heterocycles. The lowest BCUT2D eigenvalue weighted by Gasteiger charge is -2.34. The Morgan fingerprint density at radius 1 is 1.50 bits per heavy atom. The van der Waals surface area contributed by atoms with Gasteiger partial charge in [0, 0.05) is 23.7 Å². The van der Waals surface area contributed by atoms with Crippen molar-refractivity contribution in [3.8, 4) is 0 Å². The van der Waals surface area contributed by atoms with Gasteiger partial charge in [-0.05, 0) is 39.8 Å². The molecular formula is C11H21ClN2. The van der Waals surface area contributed by atoms with Crippen LogP contribution in [-0.4, -0.2) is 36.6 Å². The van der Waals surface area contributed by atoms with Crippen molar-refractivity contribution in [2.45, 2.75) is 38.8 Å². The van der Waals surface area contributed by atoms with Crippen molar-refractivity contribution in [3.63, 3.8) is 0 Å². The summed E-state index contributed by atoms with van der Waals surface area (Å²) < 4.78 is 0. The third-order valence-corrected chi connectivity index (χ3v) is 2.98. The zero-order valence-electron chi connectivity index (χ0n) is 9.22. The molecule has 3 heteroatoms. The highest BCUT2D eigenvalue weighted by Crippen LogP contribution is 2.13. The predicted octanol–water partition coefficient (Wildman–Crippen LogP) is 2.20. The van der Waals surface area contributed by atoms with Gasteiger partial charge in [-0.3, -0.25) is 0 Å². The zero-order valence-corrected chi connectivity index (χ0v) is 9.98. The Balaban J connectivity index is 2.19. The van der Waals surface area contributed by atoms with Gasteiger partial charge >= 0.3 is 0 Å². The van der Waals surface area contributed by atoms with Crippen LogP contribution in [-0.2, 0) is 0 Å². The largest absolute Gasteiger partial charge is 0.309 e. The first kappa shape index (κ1) is 12.0. The number of hydrogen-bond acceptors (Lipinski definition) is 2. The third kappa shape index (κ3) is 3.99. The van der Waals surface area contributed by atoms with Gasteiger partial charge in [0.25, 0.3) is 0 Å². The quantitative estimate of drug-likeness (QED) is 0.775. The average Bonchev–Trinajstić information content (AvgIpc) is 2.15. The lowest BCUT2D eigenvalue weighted by molar-refractivity contribution is 0.162. The van der Waals surface area contributed by atoms with Gasteiger partial charge in [0.2, 0.25) is 0 Å². The molecule has 1 aliphatic rings. The normalized spacial score (nSPS) is 20.3. The smallest absolute Gasteiger partial charge is 0.0310 e. The maximum Gasteiger partial charge on any atom is 0.0310 e. The summed E-state index contributed by atoms with van der Waals surface area (Å²) in [5.41, 5.74) is 0. The lowest BCUT2D eigenvalue weighted by Crippen LogP contribution is -2.45. The summed E-state index contributed by atoms with van der Waals surface area (Å²) in [5.74, 6) is 0. The van der Waals surface area contributed by atoms with Crippen LogP contribution in [0.4, 0.5) is 0 Å². The van der Waals surface area contributed by atoms with E-state index in [1.54, 1.807) is 0 Å². The minimum absolute atomic E-state index is 0.625. The number of hydrogen-bond donors (Lipinski definition) is 1. The highest BCUT2D eigenvalue weighted by atomic mass is 35.5. The van der Waals surface area contributed by atoms with E-state index in [2.05, 4.69) is 30.6 Å². The molecule has 0 amide bonds. The van der Waals surface area contributed by atoms with Crippen molar-refractivity contribution in [1.29, 1.82) is 0 Å². The summed E-state index contributed by atoms with van der Waals surface area (Å²) in [5, 5.41) is 4.13. The fourth-order valence-electron chi connectivity index (χ4n) is 1.88. The first-order valence-electron chi connectivity index (χ1n) is 5.40. The van der Waals surface area contributed by atoms with Crippen molar-refractivity contribution in [1.82, 2.24) is 10.2 Å². The molecule has 1 saturated heterocycles. The van der Waals surface area contributed by atoms with E-state index < -0.39 is 0 Å². The minimum Gasteiger partial charge on any atom is -0.309 e. The Labute approximate surface area is 92.3 Å². The van der Waals surface area contributed by atoms with Crippen LogP contribution in [0.25, 0.3) is 0 Å². The molecule has 0 spiro atoms. The van der Waals surface area contributed by atoms with E-state index >= 15 is 0 Å². The second kappa shape index (κ2) is 5.74. The molecule has 1 aliphatic heterocycles. The highest BCUT2D eigenvalue weighted by Gasteiger charge is 2.19. The Bertz CT molecular complexity index is 184. The number of nitrogens with one attached hydrogen (secondary N) is 1. The van der Waals surface area contributed by atoms with Gasteiger partial charge in [0.05, 0.1) is 0 Å². The van der Waals surface area contributed by atoms with Crippen LogP contribution in [0, 0.1) is 0 Å². The molecule has 1 heterocycles. The van der Waals surface area contributed by atoms with Crippen LogP contribution in [0.3, 0.4) is 0 Å². The van der Waals surface area contributed by atoms with E-state index in [-0.39, 0.29) is 0 Å². The topological polar surface area (TPSA) is 15.3 Å². The summed E-state index contributed by atoms with van der Waals surface area (Å²) >= 11 is 5.71. The van der Waals surface area contributed by atoms with E-state index in [0.29, 0.717) is 17.1 Å². The fraction of sp³-hybridized carbons (Fsp3) is 0.818. The fourth-order valence-corrected chi connectivity index (χ4v) is 1.95. The molecule has 0 saturated carbocycles. The van der Waals surface area contributed by atoms with E-state index in [0.717, 1.165) is 6.54 Å². The zero-order chi connectivity index (χ0) is 10.6. The molecular weight excluding hydrogens is 196 g/mol. The summed E-state index contributed by atoms with van der Waals surface area (Å²) in [4.78, 5) is 2.52. The van der Waals surface area contributed by atoms with Gasteiger partial charge in [-0.1, -0.05) is 18.2 Å². The summed E-state index contributed by atoms with van der Waals surface area (Å²) in [7, 11) is 0. The van der Waals surface area contributed by atoms with E-state index in [9.17, 15) is 0 Å². The number of halogens is 1. The van der Waals surface area contributed by atoms with Crippen LogP contribution in [0.5, 0.6) is 0 Å². The van der Waals surface area contributed by atoms with Crippen molar-refractivity contribution in [2.75, 3.05) is 19.6 Å². The van der Waals surface area contributed by atoms with Gasteiger partial charge in [0.15, 0.2) is 0 Å². The van der Waals surface area contributed by atoms with Gasteiger partial charge in [-0.2, -0.15) is 0 Å². The SMILES string of the molecule is C=C(Cl)CNC1CCN(C(C)C)CC1. The minimum atomic E-state index is 0.625. The number of piperidine rings is 1. The van der Waals surface area contributed by atoms with Gasteiger partial charge in [-0.15, -0.1) is 0 Å². The molecule has 0 bridgehead atoms. The van der Waals surface area contributed by atoms with Gasteiger partial charge in [-0.25, -0.2) is 0 Å². The highest BCUT2D eigenvalue weighted by molar-refractivity contribution is 6.29. The lowest BCUT2D eigenvalue weighted by atomic mass is 10.0. The molecule has 1 fully saturated rings. The van der Waals surface area contributed by atoms with Crippen molar-refractivity contribution in [3.05, 3.63) is 11.6 Å². The van der Waals surface area contributed by atoms with Gasteiger partial charge in [0.1, 0.15) is 0 Å². The van der Waals surface area contributed by atoms with Crippen molar-refractivity contribution >= 4 is 11.6 Å². The number of nitrogens with zero attached hydrogens (tertiary/aromatic N) is 1. The number of rotatable bonds is 4. The second-order valence-corrected chi connectivity index (χ2v) is 4.84. The molecule has 0 aliphatic carbocycles. The van der Waals surface area contributed by atoms with Crippen LogP contribution >= 0.6 is 11.6 Å². The van der Waals surface area contributed by atoms with Crippen molar-refractivity contribution in [2.24, 2.45) is 0 Å². The Kier molecular flexibility index (Phi) is 4.93. The predicted molar refractivity (Wildman–Crippen MR) is 62.7 cm³/mol. The molecule has 2 nitrogen and oxygen atoms in total. The van der Waals surface area contributed by atoms with E-state index in [4.69, 9.17) is 11.6 Å². The molecule has 1 N–H and O–H groups in total. The average molecular weight is 217 g/mol. The molecule has 1 rings (SSSR count). The van der Waals surface area contributed by atoms with E-state index in [1.165, 1.54) is 25.9 Å². The number of likely N-dealkylation sites (tertiary alicyclic amines) is 1. The maximum atomic E-state index is 5.71. The summed E-state index contributed by atoms with van der Waals surface area (Å²) in [6.45, 7) is 11.3. The molecule has 0 radical (unpaired) electrons. The maximum absolute atomic E-state index is 5.71. The standard InChI is InChI=1S/C11H21ClN2/c1-9(2)14-6-4-11(5-7-14)13-8-10(3)12/h9,11,13H,3-8H2,1-2H3. The Morgan fingerprint density at radius 3 is 2.50 bits per heavy atom. The van der Waals surface area contributed by atoms with Crippen LogP contribution in [0.2, 0.25) is 0 Å². The Hall–Kier alpha value is -0.0500. The molecule has 14 heavy (non-hydrogen) atoms. The summed E-state index contributed by atoms with van der Waals surface area (Å²) in [6.07, 6.45) is 2.45. The van der Waals surface area contributed by atoms with E-state index in [1.807, 2.05) is 0 Å². The molecule has 82 valence electrons. The Morgan fingerprint density at radius 2 is 2.07 bits per heavy atom. The third-order valence-electron chi connectivity index (χ3n) is 2.84. The van der Waals surface area contributed by atoms with Crippen LogP contribution in [0.1, 0.15) is 26.7 Å². The van der Waals surface area contributed by atoms with Gasteiger partial charge < -0.3 is 10.2 Å². The molecule has 0 aromatic carbocycles. The van der Waals surface area contributed by atoms with Crippen LogP contribution < -0.4 is 5.32 Å². The summed E-state index contributed by atoms with van der Waals surface area (Å²) in [6, 6.07) is 1.31. The van der Waals surface area contributed by atoms with Crippen molar-refractivity contribution < 1.29 is 0 Å². The second-order valence-electron chi connectivity index (χ2n) is 4.30. The first-order valence-corrected chi connectivity index (χ1v) is 5.78. The molecule has 0 aromatic rings. The first-order chi connectivity index (χ1) is 6.59.